The van der Waals surface area contributed by atoms with E-state index in [9.17, 15) is 23.3 Å². The molecule has 1 amide bonds. The van der Waals surface area contributed by atoms with Gasteiger partial charge >= 0.3 is 0 Å². The fourth-order valence-electron chi connectivity index (χ4n) is 3.65. The Hall–Kier alpha value is -3.18. The lowest BCUT2D eigenvalue weighted by molar-refractivity contribution is -0.385. The molecular formula is C22H27N3O7S. The van der Waals surface area contributed by atoms with Gasteiger partial charge in [-0.2, -0.15) is 4.31 Å². The number of nitro groups is 1. The Morgan fingerprint density at radius 2 is 1.73 bits per heavy atom. The van der Waals surface area contributed by atoms with Crippen LogP contribution in [0.5, 0.6) is 11.5 Å². The van der Waals surface area contributed by atoms with Crippen LogP contribution in [0.1, 0.15) is 43.0 Å². The fraction of sp³-hybridized carbons (Fsp3) is 0.409. The Balaban J connectivity index is 1.83. The Bertz CT molecular complexity index is 1110. The number of rotatable bonds is 8. The molecule has 1 aliphatic heterocycles. The van der Waals surface area contributed by atoms with Crippen molar-refractivity contribution in [2.24, 2.45) is 0 Å². The van der Waals surface area contributed by atoms with Gasteiger partial charge in [0, 0.05) is 24.8 Å². The number of nitrogens with zero attached hydrogens (tertiary/aromatic N) is 2. The van der Waals surface area contributed by atoms with Gasteiger partial charge in [-0.15, -0.1) is 0 Å². The maximum atomic E-state index is 12.9. The Labute approximate surface area is 192 Å². The summed E-state index contributed by atoms with van der Waals surface area (Å²) in [7, 11) is -2.25. The van der Waals surface area contributed by atoms with Crippen LogP contribution < -0.4 is 14.8 Å². The predicted molar refractivity (Wildman–Crippen MR) is 122 cm³/mol. The van der Waals surface area contributed by atoms with Crippen LogP contribution in [0.3, 0.4) is 0 Å². The van der Waals surface area contributed by atoms with E-state index in [1.54, 1.807) is 6.92 Å². The molecule has 0 saturated carbocycles. The first-order valence-corrected chi connectivity index (χ1v) is 12.1. The van der Waals surface area contributed by atoms with Gasteiger partial charge in [0.25, 0.3) is 11.6 Å². The normalized spacial score (nSPS) is 14.8. The first kappa shape index (κ1) is 24.5. The van der Waals surface area contributed by atoms with Crippen LogP contribution in [0.15, 0.2) is 41.3 Å². The summed E-state index contributed by atoms with van der Waals surface area (Å²) < 4.78 is 37.9. The zero-order chi connectivity index (χ0) is 24.0. The zero-order valence-electron chi connectivity index (χ0n) is 18.6. The van der Waals surface area contributed by atoms with E-state index in [0.29, 0.717) is 18.8 Å². The molecule has 1 aliphatic rings. The quantitative estimate of drug-likeness (QED) is 0.452. The summed E-state index contributed by atoms with van der Waals surface area (Å²) in [6.45, 7) is 2.97. The molecule has 11 heteroatoms. The topological polar surface area (TPSA) is 128 Å². The first-order chi connectivity index (χ1) is 15.8. The third-order valence-corrected chi connectivity index (χ3v) is 7.25. The molecule has 0 aliphatic carbocycles. The maximum Gasteiger partial charge on any atom is 0.286 e. The lowest BCUT2D eigenvalue weighted by Crippen LogP contribution is -2.31. The molecule has 1 heterocycles. The number of nitrogens with one attached hydrogen (secondary N) is 1. The van der Waals surface area contributed by atoms with Crippen molar-refractivity contribution >= 4 is 27.3 Å². The van der Waals surface area contributed by atoms with Gasteiger partial charge in [0.1, 0.15) is 5.56 Å². The smallest absolute Gasteiger partial charge is 0.286 e. The van der Waals surface area contributed by atoms with Gasteiger partial charge in [-0.05, 0) is 44.0 Å². The van der Waals surface area contributed by atoms with Crippen LogP contribution in [-0.4, -0.2) is 50.4 Å². The Morgan fingerprint density at radius 1 is 1.09 bits per heavy atom. The standard InChI is InChI=1S/C22H27N3O7S/c1-3-32-21-15-19(25(27)28)18(14-20(21)31-2)22(26)23-16-8-10-17(11-9-16)33(29,30)24-12-6-4-5-7-13-24/h8-11,14-15H,3-7,12-13H2,1-2H3,(H,23,26). The molecule has 3 rings (SSSR count). The molecule has 0 spiro atoms. The largest absolute Gasteiger partial charge is 0.493 e. The lowest BCUT2D eigenvalue weighted by atomic mass is 10.1. The molecule has 178 valence electrons. The number of sulfonamides is 1. The summed E-state index contributed by atoms with van der Waals surface area (Å²) in [5.74, 6) is -0.385. The monoisotopic (exact) mass is 477 g/mol. The third-order valence-electron chi connectivity index (χ3n) is 5.34. The molecule has 1 saturated heterocycles. The van der Waals surface area contributed by atoms with Gasteiger partial charge in [0.05, 0.1) is 29.6 Å². The van der Waals surface area contributed by atoms with E-state index in [0.717, 1.165) is 31.7 Å². The van der Waals surface area contributed by atoms with Crippen LogP contribution in [0, 0.1) is 10.1 Å². The van der Waals surface area contributed by atoms with Crippen molar-refractivity contribution in [1.82, 2.24) is 4.31 Å². The van der Waals surface area contributed by atoms with E-state index in [1.807, 2.05) is 0 Å². The van der Waals surface area contributed by atoms with E-state index in [4.69, 9.17) is 9.47 Å². The summed E-state index contributed by atoms with van der Waals surface area (Å²) in [4.78, 5) is 23.8. The van der Waals surface area contributed by atoms with E-state index in [1.165, 1.54) is 41.7 Å². The third kappa shape index (κ3) is 5.60. The Kier molecular flexibility index (Phi) is 7.88. The molecule has 2 aromatic carbocycles. The molecule has 0 bridgehead atoms. The summed E-state index contributed by atoms with van der Waals surface area (Å²) in [6, 6.07) is 8.15. The number of nitro benzene ring substituents is 1. The minimum Gasteiger partial charge on any atom is -0.493 e. The number of hydrogen-bond acceptors (Lipinski definition) is 7. The zero-order valence-corrected chi connectivity index (χ0v) is 19.4. The van der Waals surface area contributed by atoms with Crippen LogP contribution in [0.2, 0.25) is 0 Å². The Morgan fingerprint density at radius 3 is 2.27 bits per heavy atom. The van der Waals surface area contributed by atoms with Gasteiger partial charge < -0.3 is 14.8 Å². The maximum absolute atomic E-state index is 12.9. The summed E-state index contributed by atoms with van der Waals surface area (Å²) >= 11 is 0. The van der Waals surface area contributed by atoms with E-state index in [-0.39, 0.29) is 28.6 Å². The number of carbonyl (C=O) groups is 1. The van der Waals surface area contributed by atoms with E-state index >= 15 is 0 Å². The molecular weight excluding hydrogens is 450 g/mol. The fourth-order valence-corrected chi connectivity index (χ4v) is 5.17. The predicted octanol–water partition coefficient (Wildman–Crippen LogP) is 3.82. The second-order valence-corrected chi connectivity index (χ2v) is 9.45. The highest BCUT2D eigenvalue weighted by atomic mass is 32.2. The number of methoxy groups -OCH3 is 1. The number of amides is 1. The average molecular weight is 478 g/mol. The minimum absolute atomic E-state index is 0.135. The molecule has 0 aromatic heterocycles. The lowest BCUT2D eigenvalue weighted by Gasteiger charge is -2.20. The molecule has 10 nitrogen and oxygen atoms in total. The highest BCUT2D eigenvalue weighted by Crippen LogP contribution is 2.35. The van der Waals surface area contributed by atoms with E-state index < -0.39 is 26.5 Å². The molecule has 1 fully saturated rings. The SMILES string of the molecule is CCOc1cc([N+](=O)[O-])c(C(=O)Nc2ccc(S(=O)(=O)N3CCCCCC3)cc2)cc1OC. The van der Waals surface area contributed by atoms with Gasteiger partial charge in [-0.1, -0.05) is 12.8 Å². The molecule has 33 heavy (non-hydrogen) atoms. The minimum atomic E-state index is -3.62. The van der Waals surface area contributed by atoms with Crippen molar-refractivity contribution in [3.05, 3.63) is 52.1 Å². The average Bonchev–Trinajstić information content (AvgIpc) is 3.09. The van der Waals surface area contributed by atoms with Gasteiger partial charge in [-0.25, -0.2) is 8.42 Å². The van der Waals surface area contributed by atoms with Gasteiger partial charge in [0.2, 0.25) is 10.0 Å². The highest BCUT2D eigenvalue weighted by molar-refractivity contribution is 7.89. The summed E-state index contributed by atoms with van der Waals surface area (Å²) in [6.07, 6.45) is 3.69. The van der Waals surface area contributed by atoms with Crippen molar-refractivity contribution in [2.45, 2.75) is 37.5 Å². The van der Waals surface area contributed by atoms with Crippen molar-refractivity contribution in [3.63, 3.8) is 0 Å². The van der Waals surface area contributed by atoms with Crippen LogP contribution >= 0.6 is 0 Å². The molecule has 0 unspecified atom stereocenters. The number of anilines is 1. The first-order valence-electron chi connectivity index (χ1n) is 10.7. The van der Waals surface area contributed by atoms with Crippen LogP contribution in [-0.2, 0) is 10.0 Å². The number of hydrogen-bond donors (Lipinski definition) is 1. The van der Waals surface area contributed by atoms with Gasteiger partial charge in [-0.3, -0.25) is 14.9 Å². The molecule has 2 aromatic rings. The number of carbonyl (C=O) groups excluding carboxylic acids is 1. The summed E-state index contributed by atoms with van der Waals surface area (Å²) in [5, 5.41) is 14.1. The van der Waals surface area contributed by atoms with Crippen LogP contribution in [0.4, 0.5) is 11.4 Å². The second kappa shape index (κ2) is 10.6. The summed E-state index contributed by atoms with van der Waals surface area (Å²) in [5.41, 5.74) is -0.337. The molecule has 0 atom stereocenters. The molecule has 0 radical (unpaired) electrons. The van der Waals surface area contributed by atoms with Crippen molar-refractivity contribution in [3.8, 4) is 11.5 Å². The van der Waals surface area contributed by atoms with Crippen molar-refractivity contribution < 1.29 is 27.6 Å². The number of benzene rings is 2. The van der Waals surface area contributed by atoms with Gasteiger partial charge in [0.15, 0.2) is 11.5 Å². The molecule has 1 N–H and O–H groups in total. The van der Waals surface area contributed by atoms with Crippen molar-refractivity contribution in [2.75, 3.05) is 32.1 Å². The van der Waals surface area contributed by atoms with E-state index in [2.05, 4.69) is 5.32 Å². The highest BCUT2D eigenvalue weighted by Gasteiger charge is 2.27. The number of ether oxygens (including phenoxy) is 2. The van der Waals surface area contributed by atoms with Crippen LogP contribution in [0.25, 0.3) is 0 Å². The second-order valence-electron chi connectivity index (χ2n) is 7.51. The van der Waals surface area contributed by atoms with Crippen molar-refractivity contribution in [1.29, 1.82) is 0 Å².